The summed E-state index contributed by atoms with van der Waals surface area (Å²) in [4.78, 5) is 16.8. The maximum Gasteiger partial charge on any atom is 0.317 e. The number of nitrogens with zero attached hydrogens (tertiary/aromatic N) is 2. The second-order valence-electron chi connectivity index (χ2n) is 6.75. The van der Waals surface area contributed by atoms with Crippen LogP contribution in [0.15, 0.2) is 0 Å². The Morgan fingerprint density at radius 3 is 2.78 bits per heavy atom. The van der Waals surface area contributed by atoms with Gasteiger partial charge in [-0.25, -0.2) is 4.79 Å². The zero-order chi connectivity index (χ0) is 16.8. The van der Waals surface area contributed by atoms with Gasteiger partial charge in [0.1, 0.15) is 0 Å². The third-order valence-electron chi connectivity index (χ3n) is 5.40. The van der Waals surface area contributed by atoms with Crippen molar-refractivity contribution in [3.8, 4) is 0 Å². The highest BCUT2D eigenvalue weighted by Gasteiger charge is 2.39. The lowest BCUT2D eigenvalue weighted by Gasteiger charge is -2.37. The molecule has 0 bridgehead atoms. The first-order valence-electron chi connectivity index (χ1n) is 9.12. The van der Waals surface area contributed by atoms with Gasteiger partial charge in [-0.2, -0.15) is 0 Å². The Kier molecular flexibility index (Phi) is 7.11. The van der Waals surface area contributed by atoms with Crippen molar-refractivity contribution in [2.75, 3.05) is 39.4 Å². The monoisotopic (exact) mass is 327 g/mol. The van der Waals surface area contributed by atoms with E-state index in [1.54, 1.807) is 0 Å². The summed E-state index contributed by atoms with van der Waals surface area (Å²) in [5.74, 6) is 0.0530. The second kappa shape index (κ2) is 8.85. The van der Waals surface area contributed by atoms with Gasteiger partial charge in [-0.3, -0.25) is 4.90 Å². The lowest BCUT2D eigenvalue weighted by Crippen LogP contribution is -2.52. The molecular formula is C17H33N3O3. The van der Waals surface area contributed by atoms with Crippen molar-refractivity contribution >= 4 is 6.03 Å². The van der Waals surface area contributed by atoms with Gasteiger partial charge in [-0.05, 0) is 39.3 Å². The van der Waals surface area contributed by atoms with Gasteiger partial charge in [-0.15, -0.1) is 0 Å². The lowest BCUT2D eigenvalue weighted by molar-refractivity contribution is -0.0576. The number of urea groups is 1. The summed E-state index contributed by atoms with van der Waals surface area (Å²) in [5, 5.41) is 13.3. The Balaban J connectivity index is 1.87. The fraction of sp³-hybridized carbons (Fsp3) is 0.941. The number of likely N-dealkylation sites (tertiary alicyclic amines) is 1. The Morgan fingerprint density at radius 1 is 1.39 bits per heavy atom. The van der Waals surface area contributed by atoms with E-state index in [0.29, 0.717) is 32.2 Å². The first kappa shape index (κ1) is 18.5. The number of aliphatic hydroxyl groups excluding tert-OH is 1. The quantitative estimate of drug-likeness (QED) is 0.771. The van der Waals surface area contributed by atoms with Gasteiger partial charge in [0, 0.05) is 37.7 Å². The summed E-state index contributed by atoms with van der Waals surface area (Å²) in [6.07, 6.45) is 2.30. The molecule has 2 N–H and O–H groups in total. The number of amides is 2. The normalized spacial score (nSPS) is 29.8. The largest absolute Gasteiger partial charge is 0.393 e. The van der Waals surface area contributed by atoms with Crippen molar-refractivity contribution in [2.45, 2.75) is 58.2 Å². The van der Waals surface area contributed by atoms with Crippen LogP contribution in [-0.4, -0.2) is 78.5 Å². The van der Waals surface area contributed by atoms with E-state index in [-0.39, 0.29) is 24.1 Å². The van der Waals surface area contributed by atoms with Gasteiger partial charge in [0.25, 0.3) is 0 Å². The smallest absolute Gasteiger partial charge is 0.317 e. The molecule has 0 aromatic heterocycles. The van der Waals surface area contributed by atoms with E-state index in [1.807, 2.05) is 4.90 Å². The number of hydrogen-bond donors (Lipinski definition) is 2. The maximum absolute atomic E-state index is 12.6. The molecule has 2 aliphatic rings. The average molecular weight is 327 g/mol. The molecule has 23 heavy (non-hydrogen) atoms. The molecular weight excluding hydrogens is 294 g/mol. The standard InChI is InChI=1S/C17H33N3O3/c1-4-19(5-2)13(3)11-18-17(22)20-9-6-7-15(20)14-12-23-10-8-16(14)21/h13-16,21H,4-12H2,1-3H3,(H,18,22)/t13-,14+,15-,16+/m1/s1. The van der Waals surface area contributed by atoms with E-state index in [1.165, 1.54) is 0 Å². The number of aliphatic hydroxyl groups is 1. The highest BCUT2D eigenvalue weighted by molar-refractivity contribution is 5.75. The zero-order valence-electron chi connectivity index (χ0n) is 14.8. The van der Waals surface area contributed by atoms with Crippen molar-refractivity contribution in [2.24, 2.45) is 5.92 Å². The molecule has 4 atom stereocenters. The highest BCUT2D eigenvalue weighted by atomic mass is 16.5. The molecule has 6 nitrogen and oxygen atoms in total. The molecule has 2 saturated heterocycles. The number of likely N-dealkylation sites (N-methyl/N-ethyl adjacent to an activating group) is 1. The molecule has 6 heteroatoms. The van der Waals surface area contributed by atoms with Crippen molar-refractivity contribution in [1.29, 1.82) is 0 Å². The molecule has 0 spiro atoms. The zero-order valence-corrected chi connectivity index (χ0v) is 14.8. The molecule has 0 aliphatic carbocycles. The molecule has 0 aromatic carbocycles. The number of rotatable bonds is 6. The minimum absolute atomic E-state index is 0.00396. The van der Waals surface area contributed by atoms with Gasteiger partial charge in [-0.1, -0.05) is 13.8 Å². The van der Waals surface area contributed by atoms with Crippen molar-refractivity contribution < 1.29 is 14.6 Å². The fourth-order valence-electron chi connectivity index (χ4n) is 3.92. The number of carbonyl (C=O) groups excluding carboxylic acids is 1. The molecule has 2 heterocycles. The lowest BCUT2D eigenvalue weighted by atomic mass is 9.89. The summed E-state index contributed by atoms with van der Waals surface area (Å²) in [5.41, 5.74) is 0. The van der Waals surface area contributed by atoms with E-state index in [9.17, 15) is 9.90 Å². The average Bonchev–Trinajstić information content (AvgIpc) is 3.03. The highest BCUT2D eigenvalue weighted by Crippen LogP contribution is 2.29. The molecule has 2 amide bonds. The molecule has 2 aliphatic heterocycles. The molecule has 134 valence electrons. The van der Waals surface area contributed by atoms with E-state index in [4.69, 9.17) is 4.74 Å². The molecule has 2 rings (SSSR count). The van der Waals surface area contributed by atoms with Crippen LogP contribution in [0, 0.1) is 5.92 Å². The van der Waals surface area contributed by atoms with Gasteiger partial charge in [0.05, 0.1) is 12.7 Å². The van der Waals surface area contributed by atoms with Crippen molar-refractivity contribution in [1.82, 2.24) is 15.1 Å². The number of hydrogen-bond acceptors (Lipinski definition) is 4. The van der Waals surface area contributed by atoms with E-state index < -0.39 is 0 Å². The van der Waals surface area contributed by atoms with Gasteiger partial charge in [0.15, 0.2) is 0 Å². The predicted octanol–water partition coefficient (Wildman–Crippen LogP) is 1.29. The third-order valence-corrected chi connectivity index (χ3v) is 5.40. The second-order valence-corrected chi connectivity index (χ2v) is 6.75. The van der Waals surface area contributed by atoms with Crippen molar-refractivity contribution in [3.63, 3.8) is 0 Å². The van der Waals surface area contributed by atoms with Crippen LogP contribution in [-0.2, 0) is 4.74 Å². The summed E-state index contributed by atoms with van der Waals surface area (Å²) < 4.78 is 5.53. The topological polar surface area (TPSA) is 65.0 Å². The maximum atomic E-state index is 12.6. The minimum Gasteiger partial charge on any atom is -0.393 e. The van der Waals surface area contributed by atoms with Crippen LogP contribution in [0.25, 0.3) is 0 Å². The fourth-order valence-corrected chi connectivity index (χ4v) is 3.92. The first-order chi connectivity index (χ1) is 11.1. The van der Waals surface area contributed by atoms with Crippen LogP contribution in [0.2, 0.25) is 0 Å². The molecule has 0 radical (unpaired) electrons. The molecule has 0 aromatic rings. The van der Waals surface area contributed by atoms with Crippen LogP contribution in [0.4, 0.5) is 4.79 Å². The molecule has 2 fully saturated rings. The predicted molar refractivity (Wildman–Crippen MR) is 90.4 cm³/mol. The van der Waals surface area contributed by atoms with E-state index >= 15 is 0 Å². The number of ether oxygens (including phenoxy) is 1. The van der Waals surface area contributed by atoms with Crippen LogP contribution in [0.5, 0.6) is 0 Å². The summed E-state index contributed by atoms with van der Waals surface area (Å²) in [7, 11) is 0. The summed E-state index contributed by atoms with van der Waals surface area (Å²) in [6.45, 7) is 11.0. The van der Waals surface area contributed by atoms with Crippen LogP contribution < -0.4 is 5.32 Å². The number of carbonyl (C=O) groups is 1. The molecule has 0 unspecified atom stereocenters. The Labute approximate surface area is 140 Å². The Morgan fingerprint density at radius 2 is 2.13 bits per heavy atom. The van der Waals surface area contributed by atoms with E-state index in [0.717, 1.165) is 32.5 Å². The van der Waals surface area contributed by atoms with Crippen LogP contribution in [0.3, 0.4) is 0 Å². The van der Waals surface area contributed by atoms with Gasteiger partial charge in [0.2, 0.25) is 0 Å². The van der Waals surface area contributed by atoms with Crippen LogP contribution in [0.1, 0.15) is 40.0 Å². The van der Waals surface area contributed by atoms with Crippen molar-refractivity contribution in [3.05, 3.63) is 0 Å². The van der Waals surface area contributed by atoms with Crippen LogP contribution >= 0.6 is 0 Å². The van der Waals surface area contributed by atoms with E-state index in [2.05, 4.69) is 31.0 Å². The van der Waals surface area contributed by atoms with Gasteiger partial charge < -0.3 is 20.1 Å². The SMILES string of the molecule is CCN(CC)[C@H](C)CNC(=O)N1CCC[C@@H]1[C@@H]1COCC[C@@H]1O. The third kappa shape index (κ3) is 4.58. The first-order valence-corrected chi connectivity index (χ1v) is 9.12. The summed E-state index contributed by atoms with van der Waals surface area (Å²) >= 11 is 0. The minimum atomic E-state index is -0.350. The Bertz CT molecular complexity index is 376. The summed E-state index contributed by atoms with van der Waals surface area (Å²) in [6, 6.07) is 0.442. The molecule has 0 saturated carbocycles. The Hall–Kier alpha value is -0.850. The number of nitrogens with one attached hydrogen (secondary N) is 1. The van der Waals surface area contributed by atoms with Gasteiger partial charge >= 0.3 is 6.03 Å².